The van der Waals surface area contributed by atoms with Crippen LogP contribution in [0.15, 0.2) is 0 Å². The average molecular weight is 418 g/mol. The van der Waals surface area contributed by atoms with Crippen molar-refractivity contribution in [3.8, 4) is 0 Å². The van der Waals surface area contributed by atoms with Gasteiger partial charge in [0.25, 0.3) is 0 Å². The Morgan fingerprint density at radius 3 is 1.24 bits per heavy atom. The summed E-state index contributed by atoms with van der Waals surface area (Å²) in [6.07, 6.45) is -28.5. The van der Waals surface area contributed by atoms with Crippen molar-refractivity contribution in [2.75, 3.05) is 0 Å². The standard InChI is InChI=1S/C7HF13O4.Na/c8-2(1(21)22,4(11,12)13)23-5(14,15)3(9,10)6(16,17)24-7(18,19)20;/h(H,21,22);/q;+1/p-1. The number of hydrogen-bond donors (Lipinski definition) is 0. The number of ether oxygens (including phenoxy) is 2. The van der Waals surface area contributed by atoms with Gasteiger partial charge in [-0.25, -0.2) is 4.74 Å². The average Bonchev–Trinajstić information content (AvgIpc) is 2.22. The van der Waals surface area contributed by atoms with Crippen LogP contribution in [0, 0.1) is 0 Å². The molecule has 0 aliphatic rings. The van der Waals surface area contributed by atoms with Crippen LogP contribution in [-0.4, -0.2) is 42.5 Å². The van der Waals surface area contributed by atoms with Gasteiger partial charge >= 0.3 is 66.1 Å². The van der Waals surface area contributed by atoms with E-state index in [1.54, 1.807) is 4.74 Å². The van der Waals surface area contributed by atoms with Crippen molar-refractivity contribution < 1.29 is 106 Å². The van der Waals surface area contributed by atoms with E-state index < -0.39 is 42.5 Å². The molecule has 0 rings (SSSR count). The summed E-state index contributed by atoms with van der Waals surface area (Å²) in [5.74, 6) is -18.6. The summed E-state index contributed by atoms with van der Waals surface area (Å²) >= 11 is 0. The van der Waals surface area contributed by atoms with Crippen molar-refractivity contribution in [3.63, 3.8) is 0 Å². The van der Waals surface area contributed by atoms with Crippen molar-refractivity contribution in [1.82, 2.24) is 0 Å². The van der Waals surface area contributed by atoms with Crippen molar-refractivity contribution in [1.29, 1.82) is 0 Å². The maximum atomic E-state index is 12.8. The predicted molar refractivity (Wildman–Crippen MR) is 38.0 cm³/mol. The number of aliphatic carboxylic acids is 1. The summed E-state index contributed by atoms with van der Waals surface area (Å²) < 4.78 is 162. The molecule has 0 aromatic heterocycles. The first kappa shape index (κ1) is 26.7. The molecular formula is C7F13NaO4. The van der Waals surface area contributed by atoms with Gasteiger partial charge in [-0.3, -0.25) is 4.74 Å². The Morgan fingerprint density at radius 1 is 0.680 bits per heavy atom. The Labute approximate surface area is 149 Å². The fourth-order valence-corrected chi connectivity index (χ4v) is 0.835. The van der Waals surface area contributed by atoms with E-state index in [0.717, 1.165) is 0 Å². The zero-order chi connectivity index (χ0) is 20.0. The first-order valence-electron chi connectivity index (χ1n) is 4.68. The maximum Gasteiger partial charge on any atom is 1.00 e. The van der Waals surface area contributed by atoms with Crippen LogP contribution in [0.3, 0.4) is 0 Å². The Hall–Kier alpha value is -0.520. The molecule has 4 nitrogen and oxygen atoms in total. The Morgan fingerprint density at radius 2 is 1.00 bits per heavy atom. The first-order valence-corrected chi connectivity index (χ1v) is 4.68. The van der Waals surface area contributed by atoms with Gasteiger partial charge in [0.2, 0.25) is 0 Å². The van der Waals surface area contributed by atoms with E-state index >= 15 is 0 Å². The van der Waals surface area contributed by atoms with Gasteiger partial charge in [-0.1, -0.05) is 0 Å². The third-order valence-electron chi connectivity index (χ3n) is 1.87. The minimum absolute atomic E-state index is 0. The van der Waals surface area contributed by atoms with Crippen LogP contribution in [0.5, 0.6) is 0 Å². The summed E-state index contributed by atoms with van der Waals surface area (Å²) in [7, 11) is 0. The van der Waals surface area contributed by atoms with Crippen LogP contribution in [-0.2, 0) is 14.3 Å². The fraction of sp³-hybridized carbons (Fsp3) is 0.857. The van der Waals surface area contributed by atoms with Gasteiger partial charge in [-0.05, 0) is 0 Å². The molecule has 0 bridgehead atoms. The van der Waals surface area contributed by atoms with Crippen molar-refractivity contribution in [2.45, 2.75) is 36.5 Å². The summed E-state index contributed by atoms with van der Waals surface area (Å²) in [4.78, 5) is 9.84. The molecule has 1 unspecified atom stereocenters. The second-order valence-electron chi connectivity index (χ2n) is 3.64. The molecule has 0 saturated heterocycles. The molecule has 1 atom stereocenters. The number of carbonyl (C=O) groups is 1. The number of halogens is 13. The molecule has 0 amide bonds. The SMILES string of the molecule is O=C([O-])C(F)(OC(F)(F)C(F)(F)C(F)(F)OC(F)(F)F)C(F)(F)F.[Na+]. The molecule has 0 fully saturated rings. The smallest absolute Gasteiger partial charge is 0.544 e. The minimum atomic E-state index is -7.60. The van der Waals surface area contributed by atoms with Gasteiger partial charge < -0.3 is 9.90 Å². The molecule has 18 heteroatoms. The molecule has 0 heterocycles. The molecule has 0 aromatic carbocycles. The van der Waals surface area contributed by atoms with E-state index in [1.165, 1.54) is 4.74 Å². The van der Waals surface area contributed by atoms with Crippen LogP contribution in [0.25, 0.3) is 0 Å². The number of hydrogen-bond acceptors (Lipinski definition) is 4. The van der Waals surface area contributed by atoms with E-state index in [-0.39, 0.29) is 29.6 Å². The largest absolute Gasteiger partial charge is 1.00 e. The number of alkyl halides is 13. The first-order chi connectivity index (χ1) is 10.1. The van der Waals surface area contributed by atoms with Crippen LogP contribution in [0.2, 0.25) is 0 Å². The summed E-state index contributed by atoms with van der Waals surface area (Å²) in [5, 5.41) is 9.84. The Balaban J connectivity index is 0. The second kappa shape index (κ2) is 7.24. The zero-order valence-electron chi connectivity index (χ0n) is 11.0. The van der Waals surface area contributed by atoms with Crippen molar-refractivity contribution >= 4 is 5.97 Å². The number of carboxylic acid groups (broad SMARTS) is 1. The molecule has 0 saturated carbocycles. The minimum Gasteiger partial charge on any atom is -0.544 e. The molecule has 25 heavy (non-hydrogen) atoms. The molecule has 0 aliphatic heterocycles. The molecule has 0 aromatic rings. The van der Waals surface area contributed by atoms with Gasteiger partial charge in [0.15, 0.2) is 0 Å². The third kappa shape index (κ3) is 5.48. The number of rotatable bonds is 6. The zero-order valence-corrected chi connectivity index (χ0v) is 13.0. The second-order valence-corrected chi connectivity index (χ2v) is 3.64. The fourth-order valence-electron chi connectivity index (χ4n) is 0.835. The monoisotopic (exact) mass is 418 g/mol. The van der Waals surface area contributed by atoms with E-state index in [4.69, 9.17) is 0 Å². The van der Waals surface area contributed by atoms with Crippen LogP contribution in [0.4, 0.5) is 57.1 Å². The molecule has 0 spiro atoms. The van der Waals surface area contributed by atoms with E-state index in [2.05, 4.69) is 0 Å². The van der Waals surface area contributed by atoms with Crippen LogP contribution >= 0.6 is 0 Å². The summed E-state index contributed by atoms with van der Waals surface area (Å²) in [6.45, 7) is 0. The van der Waals surface area contributed by atoms with Gasteiger partial charge in [-0.15, -0.1) is 13.2 Å². The van der Waals surface area contributed by atoms with Gasteiger partial charge in [-0.2, -0.15) is 43.9 Å². The molecular weight excluding hydrogens is 418 g/mol. The quantitative estimate of drug-likeness (QED) is 0.425. The Bertz CT molecular complexity index is 486. The van der Waals surface area contributed by atoms with Gasteiger partial charge in [0, 0.05) is 0 Å². The normalized spacial score (nSPS) is 16.8. The number of carbonyl (C=O) groups excluding carboxylic acids is 1. The van der Waals surface area contributed by atoms with E-state index in [0.29, 0.717) is 0 Å². The molecule has 144 valence electrons. The van der Waals surface area contributed by atoms with Crippen LogP contribution in [0.1, 0.15) is 0 Å². The molecule has 0 N–H and O–H groups in total. The third-order valence-corrected chi connectivity index (χ3v) is 1.87. The summed E-state index contributed by atoms with van der Waals surface area (Å²) in [6, 6.07) is 0. The predicted octanol–water partition coefficient (Wildman–Crippen LogP) is -0.658. The molecule has 0 aliphatic carbocycles. The van der Waals surface area contributed by atoms with Crippen molar-refractivity contribution in [3.05, 3.63) is 0 Å². The van der Waals surface area contributed by atoms with E-state index in [1.807, 2.05) is 0 Å². The maximum absolute atomic E-state index is 12.8. The van der Waals surface area contributed by atoms with Gasteiger partial charge in [0.05, 0.1) is 0 Å². The van der Waals surface area contributed by atoms with Crippen LogP contribution < -0.4 is 34.7 Å². The number of carboxylic acids is 1. The van der Waals surface area contributed by atoms with E-state index in [9.17, 15) is 67.0 Å². The topological polar surface area (TPSA) is 58.6 Å². The summed E-state index contributed by atoms with van der Waals surface area (Å²) in [5.41, 5.74) is 0. The molecule has 0 radical (unpaired) electrons. The Kier molecular flexibility index (Phi) is 7.74. The van der Waals surface area contributed by atoms with Crippen molar-refractivity contribution in [2.24, 2.45) is 0 Å². The van der Waals surface area contributed by atoms with Gasteiger partial charge in [0.1, 0.15) is 5.97 Å².